The maximum absolute atomic E-state index is 15.2. The summed E-state index contributed by atoms with van der Waals surface area (Å²) in [6, 6.07) is 4.51. The highest BCUT2D eigenvalue weighted by Gasteiger charge is 2.74. The van der Waals surface area contributed by atoms with Crippen LogP contribution in [0.1, 0.15) is 106 Å². The van der Waals surface area contributed by atoms with Crippen LogP contribution in [0.3, 0.4) is 0 Å². The zero-order valence-corrected chi connectivity index (χ0v) is 28.5. The van der Waals surface area contributed by atoms with Crippen molar-refractivity contribution in [1.82, 2.24) is 0 Å². The van der Waals surface area contributed by atoms with Crippen molar-refractivity contribution in [3.05, 3.63) is 82.0 Å². The molecule has 0 aromatic heterocycles. The van der Waals surface area contributed by atoms with Gasteiger partial charge < -0.3 is 10.2 Å². The van der Waals surface area contributed by atoms with Gasteiger partial charge in [-0.1, -0.05) is 60.9 Å². The normalized spacial score (nSPS) is 26.0. The van der Waals surface area contributed by atoms with Crippen LogP contribution in [0.4, 0.5) is 0 Å². The first-order valence-corrected chi connectivity index (χ1v) is 15.8. The first kappa shape index (κ1) is 35.0. The third kappa shape index (κ3) is 6.07. The number of carbonyl (C=O) groups excluding carboxylic acids is 3. The molecule has 238 valence electrons. The molecule has 2 N–H and O–H groups in total. The second kappa shape index (κ2) is 12.9. The minimum absolute atomic E-state index is 0.0446. The van der Waals surface area contributed by atoms with Crippen LogP contribution < -0.4 is 0 Å². The van der Waals surface area contributed by atoms with Gasteiger partial charge in [0.05, 0.1) is 5.41 Å². The number of phenols is 1. The summed E-state index contributed by atoms with van der Waals surface area (Å²) in [4.78, 5) is 45.1. The Labute approximate surface area is 264 Å². The quantitative estimate of drug-likeness (QED) is 0.0918. The van der Waals surface area contributed by atoms with E-state index in [0.717, 1.165) is 22.3 Å². The Hall–Kier alpha value is -3.47. The molecule has 0 heterocycles. The fourth-order valence-corrected chi connectivity index (χ4v) is 7.22. The van der Waals surface area contributed by atoms with Crippen molar-refractivity contribution in [3.63, 3.8) is 0 Å². The number of Topliss-reactive ketones (excluding diaryl/α,β-unsaturated/α-hetero) is 3. The summed E-state index contributed by atoms with van der Waals surface area (Å²) < 4.78 is 0. The van der Waals surface area contributed by atoms with Crippen LogP contribution in [0, 0.1) is 35.0 Å². The van der Waals surface area contributed by atoms with Gasteiger partial charge in [-0.3, -0.25) is 14.4 Å². The Morgan fingerprint density at radius 2 is 1.55 bits per heavy atom. The van der Waals surface area contributed by atoms with Crippen LogP contribution in [0.5, 0.6) is 5.75 Å². The topological polar surface area (TPSA) is 91.7 Å². The fourth-order valence-electron chi connectivity index (χ4n) is 7.22. The summed E-state index contributed by atoms with van der Waals surface area (Å²) in [5, 5.41) is 21.9. The lowest BCUT2D eigenvalue weighted by molar-refractivity contribution is -0.177. The molecular weight excluding hydrogens is 548 g/mol. The molecule has 2 bridgehead atoms. The highest BCUT2D eigenvalue weighted by Crippen LogP contribution is 2.66. The van der Waals surface area contributed by atoms with Gasteiger partial charge in [0.1, 0.15) is 22.5 Å². The number of allylic oxidation sites excluding steroid dienone is 8. The zero-order valence-electron chi connectivity index (χ0n) is 28.5. The van der Waals surface area contributed by atoms with Crippen molar-refractivity contribution < 1.29 is 24.6 Å². The summed E-state index contributed by atoms with van der Waals surface area (Å²) in [5.41, 5.74) is 0.698. The molecule has 0 unspecified atom stereocenters. The van der Waals surface area contributed by atoms with Gasteiger partial charge in [0.15, 0.2) is 17.3 Å². The second-order valence-electron chi connectivity index (χ2n) is 14.6. The van der Waals surface area contributed by atoms with E-state index in [1.54, 1.807) is 13.0 Å². The van der Waals surface area contributed by atoms with E-state index in [1.807, 2.05) is 68.4 Å². The van der Waals surface area contributed by atoms with Crippen molar-refractivity contribution in [2.24, 2.45) is 28.1 Å². The summed E-state index contributed by atoms with van der Waals surface area (Å²) >= 11 is 0. The van der Waals surface area contributed by atoms with E-state index in [-0.39, 0.29) is 53.8 Å². The third-order valence-electron chi connectivity index (χ3n) is 10.3. The number of aromatic hydroxyl groups is 1. The Bertz CT molecular complexity index is 1480. The third-order valence-corrected chi connectivity index (χ3v) is 10.3. The number of phenolic OH excluding ortho intramolecular Hbond substituents is 1. The minimum atomic E-state index is -1.55. The van der Waals surface area contributed by atoms with Gasteiger partial charge in [0.25, 0.3) is 0 Å². The van der Waals surface area contributed by atoms with Crippen LogP contribution in [0.2, 0.25) is 0 Å². The van der Waals surface area contributed by atoms with E-state index in [0.29, 0.717) is 18.4 Å². The monoisotopic (exact) mass is 600 g/mol. The molecule has 2 aliphatic carbocycles. The lowest BCUT2D eigenvalue weighted by Gasteiger charge is -2.60. The molecule has 2 saturated carbocycles. The molecule has 3 rings (SSSR count). The number of hydrogen-bond acceptors (Lipinski definition) is 5. The first-order valence-electron chi connectivity index (χ1n) is 15.8. The molecule has 2 fully saturated rings. The molecule has 0 amide bonds. The van der Waals surface area contributed by atoms with Gasteiger partial charge in [-0.2, -0.15) is 0 Å². The smallest absolute Gasteiger partial charge is 0.184 e. The molecule has 1 aromatic carbocycles. The number of aliphatic hydroxyl groups is 1. The molecule has 5 nitrogen and oxygen atoms in total. The predicted molar refractivity (Wildman–Crippen MR) is 179 cm³/mol. The van der Waals surface area contributed by atoms with E-state index >= 15 is 4.79 Å². The van der Waals surface area contributed by atoms with Gasteiger partial charge >= 0.3 is 0 Å². The Morgan fingerprint density at radius 3 is 2.07 bits per heavy atom. The second-order valence-corrected chi connectivity index (χ2v) is 14.6. The molecule has 0 radical (unpaired) electrons. The molecule has 4 atom stereocenters. The van der Waals surface area contributed by atoms with Gasteiger partial charge in [0.2, 0.25) is 0 Å². The van der Waals surface area contributed by atoms with Crippen LogP contribution in [0.15, 0.2) is 70.9 Å². The van der Waals surface area contributed by atoms with Crippen molar-refractivity contribution >= 4 is 23.1 Å². The highest BCUT2D eigenvalue weighted by atomic mass is 16.3. The molecule has 1 aromatic rings. The number of hydrogen-bond donors (Lipinski definition) is 2. The number of carbonyl (C=O) groups is 3. The first-order chi connectivity index (χ1) is 20.3. The lowest BCUT2D eigenvalue weighted by atomic mass is 9.38. The zero-order chi connectivity index (χ0) is 33.4. The maximum Gasteiger partial charge on any atom is 0.184 e. The maximum atomic E-state index is 15.2. The van der Waals surface area contributed by atoms with Crippen LogP contribution in [0.25, 0.3) is 5.76 Å². The molecule has 0 saturated heterocycles. The fraction of sp³-hybridized carbons (Fsp3) is 0.513. The van der Waals surface area contributed by atoms with E-state index in [9.17, 15) is 19.8 Å². The van der Waals surface area contributed by atoms with Crippen molar-refractivity contribution in [3.8, 4) is 5.75 Å². The Balaban J connectivity index is 2.47. The molecule has 5 heteroatoms. The standard InChI is InChI=1S/C39H52O5/c1-23(2)12-14-29(26(7)8)21-38-22-30(16-13-24(3)4)37(10,11)39(36(38)44,19-18-25(5)6)35(43)32(34(38)42)33(41)28-15-17-31(40)27(9)20-28/h12-13,15,17-18,20,29-30,40-41H,7,14,16,19,21-22H2,1-6,8-11H3/t29-,30+,38+,39-/m0/s1. The average molecular weight is 601 g/mol. The van der Waals surface area contributed by atoms with Crippen molar-refractivity contribution in [1.29, 1.82) is 0 Å². The van der Waals surface area contributed by atoms with E-state index in [4.69, 9.17) is 0 Å². The van der Waals surface area contributed by atoms with Gasteiger partial charge in [-0.05, 0) is 129 Å². The largest absolute Gasteiger partial charge is 0.508 e. The number of benzene rings is 1. The van der Waals surface area contributed by atoms with Crippen LogP contribution in [-0.4, -0.2) is 27.6 Å². The number of ketones is 3. The van der Waals surface area contributed by atoms with E-state index in [1.165, 1.54) is 12.1 Å². The van der Waals surface area contributed by atoms with Gasteiger partial charge in [-0.15, -0.1) is 0 Å². The molecule has 2 aliphatic rings. The Morgan fingerprint density at radius 1 is 0.955 bits per heavy atom. The van der Waals surface area contributed by atoms with Crippen LogP contribution in [-0.2, 0) is 14.4 Å². The number of aliphatic hydroxyl groups excluding tert-OH is 1. The molecule has 44 heavy (non-hydrogen) atoms. The summed E-state index contributed by atoms with van der Waals surface area (Å²) in [7, 11) is 0. The highest BCUT2D eigenvalue weighted by molar-refractivity contribution is 6.41. The number of fused-ring (bicyclic) bond motifs is 2. The number of aryl methyl sites for hydroxylation is 1. The molecular formula is C39H52O5. The average Bonchev–Trinajstić information content (AvgIpc) is 2.91. The summed E-state index contributed by atoms with van der Waals surface area (Å²) in [6.07, 6.45) is 8.10. The van der Waals surface area contributed by atoms with Crippen LogP contribution >= 0.6 is 0 Å². The molecule has 0 spiro atoms. The van der Waals surface area contributed by atoms with Gasteiger partial charge in [0, 0.05) is 5.56 Å². The molecule has 0 aliphatic heterocycles. The Kier molecular flexibility index (Phi) is 10.2. The predicted octanol–water partition coefficient (Wildman–Crippen LogP) is 9.36. The van der Waals surface area contributed by atoms with Crippen molar-refractivity contribution in [2.75, 3.05) is 0 Å². The lowest BCUT2D eigenvalue weighted by Crippen LogP contribution is -2.69. The van der Waals surface area contributed by atoms with Gasteiger partial charge in [-0.25, -0.2) is 0 Å². The van der Waals surface area contributed by atoms with Crippen molar-refractivity contribution in [2.45, 2.75) is 101 Å². The van der Waals surface area contributed by atoms with E-state index < -0.39 is 33.6 Å². The SMILES string of the molecule is C=C(C)[C@@H](CC=C(C)C)C[C@@]12C[C@@H](CC=C(C)C)C(C)(C)[C@@](CC=C(C)C)(C(=O)C(=C(O)c3ccc(O)c(C)c3)C1=O)C2=O. The number of rotatable bonds is 10. The van der Waals surface area contributed by atoms with E-state index in [2.05, 4.69) is 18.7 Å². The minimum Gasteiger partial charge on any atom is -0.508 e. The summed E-state index contributed by atoms with van der Waals surface area (Å²) in [5.74, 6) is -2.21. The summed E-state index contributed by atoms with van der Waals surface area (Å²) in [6.45, 7) is 23.8.